The maximum Gasteiger partial charge on any atom is 0.317 e. The molecule has 1 aliphatic heterocycles. The summed E-state index contributed by atoms with van der Waals surface area (Å²) in [7, 11) is 0. The van der Waals surface area contributed by atoms with Crippen LogP contribution in [0.2, 0.25) is 0 Å². The molecule has 2 aromatic heterocycles. The summed E-state index contributed by atoms with van der Waals surface area (Å²) in [6.45, 7) is 2.03. The third kappa shape index (κ3) is 3.80. The highest BCUT2D eigenvalue weighted by Crippen LogP contribution is 2.30. The molecule has 3 heterocycles. The quantitative estimate of drug-likeness (QED) is 0.473. The molecule has 2 aliphatic rings. The molecule has 1 aliphatic carbocycles. The van der Waals surface area contributed by atoms with Gasteiger partial charge in [0.1, 0.15) is 0 Å². The van der Waals surface area contributed by atoms with Crippen LogP contribution in [0, 0.1) is 0 Å². The van der Waals surface area contributed by atoms with Gasteiger partial charge in [0, 0.05) is 35.9 Å². The van der Waals surface area contributed by atoms with Crippen molar-refractivity contribution in [3.05, 3.63) is 83.3 Å². The molecule has 1 saturated heterocycles. The number of likely N-dealkylation sites (tertiary alicyclic amines) is 1. The van der Waals surface area contributed by atoms with Gasteiger partial charge in [-0.3, -0.25) is 0 Å². The predicted molar refractivity (Wildman–Crippen MR) is 130 cm³/mol. The van der Waals surface area contributed by atoms with Crippen molar-refractivity contribution in [2.24, 2.45) is 0 Å². The first kappa shape index (κ1) is 20.1. The van der Waals surface area contributed by atoms with Crippen LogP contribution in [-0.4, -0.2) is 38.8 Å². The first-order valence-corrected chi connectivity index (χ1v) is 12.0. The number of benzene rings is 2. The van der Waals surface area contributed by atoms with Gasteiger partial charge in [-0.25, -0.2) is 9.48 Å². The zero-order valence-electron chi connectivity index (χ0n) is 18.8. The predicted octanol–water partition coefficient (Wildman–Crippen LogP) is 4.93. The Bertz CT molecular complexity index is 1260. The fraction of sp³-hybridized carbons (Fsp3) is 0.333. The monoisotopic (exact) mass is 439 g/mol. The number of nitrogens with zero attached hydrogens (tertiary/aromatic N) is 3. The summed E-state index contributed by atoms with van der Waals surface area (Å²) in [5.41, 5.74) is 7.09. The lowest BCUT2D eigenvalue weighted by Crippen LogP contribution is -2.44. The fourth-order valence-electron chi connectivity index (χ4n) is 5.44. The van der Waals surface area contributed by atoms with Crippen LogP contribution in [0.15, 0.2) is 60.7 Å². The smallest absolute Gasteiger partial charge is 0.317 e. The van der Waals surface area contributed by atoms with E-state index in [0.29, 0.717) is 12.5 Å². The third-order valence-corrected chi connectivity index (χ3v) is 7.12. The number of aromatic nitrogens is 3. The van der Waals surface area contributed by atoms with Crippen LogP contribution >= 0.6 is 0 Å². The van der Waals surface area contributed by atoms with Crippen LogP contribution in [0.4, 0.5) is 4.79 Å². The molecule has 6 nitrogen and oxygen atoms in total. The molecule has 4 aromatic rings. The standard InChI is InChI=1S/C27H29N5O/c33-27(31-15-7-9-20(18-31)24-16-19-8-4-5-13-23(19)29-24)28-17-25-22-12-6-14-26(22)32(30-25)21-10-2-1-3-11-21/h1-5,8,10-11,13,16,20,29H,6-7,9,12,14-15,17-18H2,(H,28,33). The second-order valence-corrected chi connectivity index (χ2v) is 9.23. The highest BCUT2D eigenvalue weighted by atomic mass is 16.2. The molecule has 0 saturated carbocycles. The molecule has 0 radical (unpaired) electrons. The largest absolute Gasteiger partial charge is 0.358 e. The van der Waals surface area contributed by atoms with Crippen molar-refractivity contribution < 1.29 is 4.79 Å². The van der Waals surface area contributed by atoms with Gasteiger partial charge in [0.15, 0.2) is 0 Å². The van der Waals surface area contributed by atoms with E-state index < -0.39 is 0 Å². The minimum absolute atomic E-state index is 0.0109. The van der Waals surface area contributed by atoms with E-state index in [0.717, 1.165) is 62.1 Å². The summed E-state index contributed by atoms with van der Waals surface area (Å²) in [6.07, 6.45) is 5.36. The Morgan fingerprint density at radius 3 is 2.79 bits per heavy atom. The lowest BCUT2D eigenvalue weighted by atomic mass is 9.95. The number of fused-ring (bicyclic) bond motifs is 2. The Balaban J connectivity index is 1.15. The fourth-order valence-corrected chi connectivity index (χ4v) is 5.44. The molecule has 6 rings (SSSR count). The topological polar surface area (TPSA) is 66.0 Å². The second-order valence-electron chi connectivity index (χ2n) is 9.23. The average molecular weight is 440 g/mol. The summed E-state index contributed by atoms with van der Waals surface area (Å²) >= 11 is 0. The van der Waals surface area contributed by atoms with E-state index in [1.54, 1.807) is 0 Å². The van der Waals surface area contributed by atoms with E-state index in [4.69, 9.17) is 5.10 Å². The second kappa shape index (κ2) is 8.43. The van der Waals surface area contributed by atoms with Gasteiger partial charge in [-0.2, -0.15) is 5.10 Å². The van der Waals surface area contributed by atoms with Crippen LogP contribution in [0.5, 0.6) is 0 Å². The number of urea groups is 1. The van der Waals surface area contributed by atoms with Crippen molar-refractivity contribution in [2.75, 3.05) is 13.1 Å². The van der Waals surface area contributed by atoms with Gasteiger partial charge in [0.05, 0.1) is 17.9 Å². The molecular weight excluding hydrogens is 410 g/mol. The van der Waals surface area contributed by atoms with E-state index in [1.807, 2.05) is 23.1 Å². The lowest BCUT2D eigenvalue weighted by Gasteiger charge is -2.32. The van der Waals surface area contributed by atoms with Crippen LogP contribution in [0.1, 0.15) is 47.8 Å². The summed E-state index contributed by atoms with van der Waals surface area (Å²) < 4.78 is 2.07. The molecule has 0 bridgehead atoms. The van der Waals surface area contributed by atoms with Crippen molar-refractivity contribution >= 4 is 16.9 Å². The molecule has 2 amide bonds. The Kier molecular flexibility index (Phi) is 5.13. The highest BCUT2D eigenvalue weighted by molar-refractivity contribution is 5.80. The number of hydrogen-bond acceptors (Lipinski definition) is 2. The zero-order valence-corrected chi connectivity index (χ0v) is 18.8. The first-order valence-electron chi connectivity index (χ1n) is 12.0. The summed E-state index contributed by atoms with van der Waals surface area (Å²) in [6, 6.07) is 20.9. The van der Waals surface area contributed by atoms with Gasteiger partial charge in [-0.15, -0.1) is 0 Å². The molecule has 33 heavy (non-hydrogen) atoms. The Labute approximate surface area is 193 Å². The molecule has 1 atom stereocenters. The molecule has 2 aromatic carbocycles. The molecule has 168 valence electrons. The van der Waals surface area contributed by atoms with Crippen LogP contribution in [0.3, 0.4) is 0 Å². The number of carbonyl (C=O) groups is 1. The number of piperidine rings is 1. The van der Waals surface area contributed by atoms with E-state index in [-0.39, 0.29) is 6.03 Å². The third-order valence-electron chi connectivity index (χ3n) is 7.12. The van der Waals surface area contributed by atoms with Crippen molar-refractivity contribution in [1.29, 1.82) is 0 Å². The maximum atomic E-state index is 13.1. The number of aromatic amines is 1. The number of amides is 2. The van der Waals surface area contributed by atoms with Crippen molar-refractivity contribution in [3.63, 3.8) is 0 Å². The summed E-state index contributed by atoms with van der Waals surface area (Å²) in [4.78, 5) is 18.6. The average Bonchev–Trinajstić information content (AvgIpc) is 3.59. The number of para-hydroxylation sites is 2. The van der Waals surface area contributed by atoms with Gasteiger partial charge >= 0.3 is 6.03 Å². The molecule has 0 spiro atoms. The normalized spacial score (nSPS) is 17.9. The van der Waals surface area contributed by atoms with E-state index in [2.05, 4.69) is 57.4 Å². The van der Waals surface area contributed by atoms with Crippen LogP contribution in [0.25, 0.3) is 16.6 Å². The lowest BCUT2D eigenvalue weighted by molar-refractivity contribution is 0.178. The van der Waals surface area contributed by atoms with E-state index >= 15 is 0 Å². The molecule has 2 N–H and O–H groups in total. The minimum atomic E-state index is 0.0109. The highest BCUT2D eigenvalue weighted by Gasteiger charge is 2.27. The number of hydrogen-bond donors (Lipinski definition) is 2. The van der Waals surface area contributed by atoms with Gasteiger partial charge in [0.25, 0.3) is 0 Å². The number of nitrogens with one attached hydrogen (secondary N) is 2. The molecule has 1 unspecified atom stereocenters. The zero-order chi connectivity index (χ0) is 22.2. The van der Waals surface area contributed by atoms with Crippen molar-refractivity contribution in [1.82, 2.24) is 25.0 Å². The van der Waals surface area contributed by atoms with Crippen LogP contribution < -0.4 is 5.32 Å². The maximum absolute atomic E-state index is 13.1. The number of carbonyl (C=O) groups excluding carboxylic acids is 1. The minimum Gasteiger partial charge on any atom is -0.358 e. The van der Waals surface area contributed by atoms with E-state index in [1.165, 1.54) is 22.3 Å². The first-order chi connectivity index (χ1) is 16.3. The summed E-state index contributed by atoms with van der Waals surface area (Å²) in [5, 5.41) is 9.28. The van der Waals surface area contributed by atoms with Crippen molar-refractivity contribution in [2.45, 2.75) is 44.6 Å². The van der Waals surface area contributed by atoms with Gasteiger partial charge in [0.2, 0.25) is 0 Å². The SMILES string of the molecule is O=C(NCc1nn(-c2ccccc2)c2c1CCC2)N1CCCC(c2cc3ccccc3[nH]2)C1. The molecule has 1 fully saturated rings. The molecule has 6 heteroatoms. The van der Waals surface area contributed by atoms with Gasteiger partial charge < -0.3 is 15.2 Å². The molecular formula is C27H29N5O. The Morgan fingerprint density at radius 1 is 1.06 bits per heavy atom. The Morgan fingerprint density at radius 2 is 1.91 bits per heavy atom. The number of rotatable bonds is 4. The van der Waals surface area contributed by atoms with Gasteiger partial charge in [-0.1, -0.05) is 36.4 Å². The van der Waals surface area contributed by atoms with E-state index in [9.17, 15) is 4.79 Å². The van der Waals surface area contributed by atoms with Crippen molar-refractivity contribution in [3.8, 4) is 5.69 Å². The Hall–Kier alpha value is -3.54. The summed E-state index contributed by atoms with van der Waals surface area (Å²) in [5.74, 6) is 0.346. The number of H-pyrrole nitrogens is 1. The van der Waals surface area contributed by atoms with Crippen LogP contribution in [-0.2, 0) is 19.4 Å². The van der Waals surface area contributed by atoms with Gasteiger partial charge in [-0.05, 0) is 67.3 Å².